The van der Waals surface area contributed by atoms with Crippen molar-refractivity contribution in [3.8, 4) is 11.5 Å². The van der Waals surface area contributed by atoms with Gasteiger partial charge in [-0.2, -0.15) is 0 Å². The van der Waals surface area contributed by atoms with Gasteiger partial charge in [0, 0.05) is 77.9 Å². The smallest absolute Gasteiger partial charge is 0.191 e. The number of guanidine groups is 1. The minimum absolute atomic E-state index is 0.186. The van der Waals surface area contributed by atoms with Crippen LogP contribution in [0.1, 0.15) is 33.6 Å². The van der Waals surface area contributed by atoms with Crippen molar-refractivity contribution in [3.05, 3.63) is 18.2 Å². The Morgan fingerprint density at radius 3 is 2.24 bits per heavy atom. The highest BCUT2D eigenvalue weighted by molar-refractivity contribution is 7.86. The lowest BCUT2D eigenvalue weighted by Gasteiger charge is -2.34. The number of methoxy groups -OCH3 is 2. The summed E-state index contributed by atoms with van der Waals surface area (Å²) in [6, 6.07) is 6.34. The lowest BCUT2D eigenvalue weighted by molar-refractivity contribution is 0.393. The first-order chi connectivity index (χ1) is 13.8. The molecule has 0 amide bonds. The summed E-state index contributed by atoms with van der Waals surface area (Å²) in [7, 11) is 4.25. The summed E-state index contributed by atoms with van der Waals surface area (Å²) >= 11 is 0. The highest BCUT2D eigenvalue weighted by Gasteiger charge is 2.22. The number of benzene rings is 1. The zero-order valence-electron chi connectivity index (χ0n) is 18.6. The van der Waals surface area contributed by atoms with Gasteiger partial charge in [0.05, 0.1) is 14.2 Å². The summed E-state index contributed by atoms with van der Waals surface area (Å²) in [5.74, 6) is 2.99. The maximum Gasteiger partial charge on any atom is 0.191 e. The van der Waals surface area contributed by atoms with Crippen LogP contribution in [0.5, 0.6) is 11.5 Å². The first-order valence-electron chi connectivity index (χ1n) is 10.1. The predicted molar refractivity (Wildman–Crippen MR) is 122 cm³/mol. The molecule has 2 rings (SSSR count). The zero-order valence-corrected chi connectivity index (χ0v) is 19.4. The standard InChI is InChI=1S/C21H36N4O3S/c1-21(2,3)29(26)12-9-23-20(22-4)24-16-7-10-25(11-8-16)17-13-18(27-5)15-19(14-17)28-6/h13-16H,7-12H2,1-6H3,(H2,22,23,24). The monoisotopic (exact) mass is 424 g/mol. The van der Waals surface area contributed by atoms with E-state index in [4.69, 9.17) is 9.47 Å². The van der Waals surface area contributed by atoms with E-state index in [-0.39, 0.29) is 4.75 Å². The van der Waals surface area contributed by atoms with Crippen molar-refractivity contribution in [2.24, 2.45) is 4.99 Å². The van der Waals surface area contributed by atoms with Gasteiger partial charge in [0.25, 0.3) is 0 Å². The quantitative estimate of drug-likeness (QED) is 0.517. The summed E-state index contributed by atoms with van der Waals surface area (Å²) in [6.07, 6.45) is 2.02. The molecule has 1 aliphatic rings. The van der Waals surface area contributed by atoms with Gasteiger partial charge in [-0.1, -0.05) is 0 Å². The lowest BCUT2D eigenvalue weighted by Crippen LogP contribution is -2.49. The molecule has 0 bridgehead atoms. The van der Waals surface area contributed by atoms with Gasteiger partial charge in [-0.05, 0) is 33.6 Å². The van der Waals surface area contributed by atoms with Gasteiger partial charge in [-0.3, -0.25) is 9.20 Å². The average Bonchev–Trinajstić information content (AvgIpc) is 2.72. The molecule has 0 saturated carbocycles. The van der Waals surface area contributed by atoms with E-state index >= 15 is 0 Å². The first-order valence-corrected chi connectivity index (χ1v) is 11.4. The molecule has 1 aromatic rings. The van der Waals surface area contributed by atoms with Crippen molar-refractivity contribution in [2.45, 2.75) is 44.4 Å². The van der Waals surface area contributed by atoms with E-state index in [1.54, 1.807) is 21.3 Å². The highest BCUT2D eigenvalue weighted by atomic mass is 32.2. The minimum atomic E-state index is -0.867. The van der Waals surface area contributed by atoms with E-state index in [1.807, 2.05) is 39.0 Å². The van der Waals surface area contributed by atoms with Crippen LogP contribution >= 0.6 is 0 Å². The molecule has 1 fully saturated rings. The molecule has 29 heavy (non-hydrogen) atoms. The summed E-state index contributed by atoms with van der Waals surface area (Å²) in [5, 5.41) is 6.79. The number of nitrogens with one attached hydrogen (secondary N) is 2. The van der Waals surface area contributed by atoms with E-state index < -0.39 is 10.8 Å². The largest absolute Gasteiger partial charge is 0.497 e. The van der Waals surface area contributed by atoms with Gasteiger partial charge in [-0.25, -0.2) is 0 Å². The molecule has 1 heterocycles. The Morgan fingerprint density at radius 2 is 1.76 bits per heavy atom. The van der Waals surface area contributed by atoms with E-state index in [0.29, 0.717) is 18.3 Å². The van der Waals surface area contributed by atoms with Crippen LogP contribution in [0, 0.1) is 0 Å². The molecule has 164 valence electrons. The second-order valence-electron chi connectivity index (χ2n) is 8.14. The van der Waals surface area contributed by atoms with Crippen molar-refractivity contribution >= 4 is 22.4 Å². The number of aliphatic imine (C=N–C) groups is 1. The molecule has 1 saturated heterocycles. The van der Waals surface area contributed by atoms with Crippen LogP contribution in [0.2, 0.25) is 0 Å². The maximum absolute atomic E-state index is 12.2. The third-order valence-electron chi connectivity index (χ3n) is 5.02. The Labute approximate surface area is 177 Å². The number of hydrogen-bond donors (Lipinski definition) is 2. The number of hydrogen-bond acceptors (Lipinski definition) is 5. The van der Waals surface area contributed by atoms with Crippen LogP contribution in [0.15, 0.2) is 23.2 Å². The minimum Gasteiger partial charge on any atom is -0.497 e. The van der Waals surface area contributed by atoms with Crippen molar-refractivity contribution in [2.75, 3.05) is 51.6 Å². The predicted octanol–water partition coefficient (Wildman–Crippen LogP) is 2.38. The molecule has 0 spiro atoms. The second kappa shape index (κ2) is 10.7. The molecule has 8 heteroatoms. The zero-order chi connectivity index (χ0) is 21.4. The molecule has 1 aromatic carbocycles. The van der Waals surface area contributed by atoms with Crippen LogP contribution < -0.4 is 25.0 Å². The summed E-state index contributed by atoms with van der Waals surface area (Å²) in [4.78, 5) is 6.67. The number of nitrogens with zero attached hydrogens (tertiary/aromatic N) is 2. The number of piperidine rings is 1. The normalized spacial score (nSPS) is 17.0. The molecule has 2 N–H and O–H groups in total. The van der Waals surface area contributed by atoms with Crippen molar-refractivity contribution in [1.82, 2.24) is 10.6 Å². The number of anilines is 1. The van der Waals surface area contributed by atoms with Crippen LogP contribution in [0.4, 0.5) is 5.69 Å². The van der Waals surface area contributed by atoms with Gasteiger partial charge in [0.1, 0.15) is 11.5 Å². The molecular weight excluding hydrogens is 388 g/mol. The van der Waals surface area contributed by atoms with Crippen LogP contribution in [0.25, 0.3) is 0 Å². The maximum atomic E-state index is 12.2. The average molecular weight is 425 g/mol. The van der Waals surface area contributed by atoms with Crippen molar-refractivity contribution in [1.29, 1.82) is 0 Å². The number of ether oxygens (including phenoxy) is 2. The molecule has 0 aromatic heterocycles. The molecule has 0 aliphatic carbocycles. The Bertz CT molecular complexity index is 688. The fraction of sp³-hybridized carbons (Fsp3) is 0.667. The van der Waals surface area contributed by atoms with E-state index in [1.165, 1.54) is 0 Å². The van der Waals surface area contributed by atoms with Crippen LogP contribution in [-0.4, -0.2) is 67.6 Å². The SMILES string of the molecule is CN=C(NCCS(=O)C(C)(C)C)NC1CCN(c2cc(OC)cc(OC)c2)CC1. The van der Waals surface area contributed by atoms with Crippen molar-refractivity contribution < 1.29 is 13.7 Å². The molecular formula is C21H36N4O3S. The lowest BCUT2D eigenvalue weighted by atomic mass is 10.0. The molecule has 1 unspecified atom stereocenters. The molecule has 1 atom stereocenters. The Hall–Kier alpha value is -1.96. The Morgan fingerprint density at radius 1 is 1.17 bits per heavy atom. The Kier molecular flexibility index (Phi) is 8.61. The summed E-state index contributed by atoms with van der Waals surface area (Å²) in [5.41, 5.74) is 1.12. The molecule has 0 radical (unpaired) electrons. The summed E-state index contributed by atoms with van der Waals surface area (Å²) < 4.78 is 22.8. The first kappa shape index (κ1) is 23.3. The van der Waals surface area contributed by atoms with Gasteiger partial charge < -0.3 is 25.0 Å². The van der Waals surface area contributed by atoms with Crippen LogP contribution in [0.3, 0.4) is 0 Å². The topological polar surface area (TPSA) is 75.2 Å². The molecule has 1 aliphatic heterocycles. The van der Waals surface area contributed by atoms with Gasteiger partial charge in [0.15, 0.2) is 5.96 Å². The summed E-state index contributed by atoms with van der Waals surface area (Å²) in [6.45, 7) is 8.54. The van der Waals surface area contributed by atoms with Crippen molar-refractivity contribution in [3.63, 3.8) is 0 Å². The Balaban J connectivity index is 1.83. The van der Waals surface area contributed by atoms with Gasteiger partial charge >= 0.3 is 0 Å². The third kappa shape index (κ3) is 7.10. The fourth-order valence-electron chi connectivity index (χ4n) is 3.21. The molecule has 7 nitrogen and oxygen atoms in total. The van der Waals surface area contributed by atoms with Gasteiger partial charge in [0.2, 0.25) is 0 Å². The van der Waals surface area contributed by atoms with Gasteiger partial charge in [-0.15, -0.1) is 0 Å². The van der Waals surface area contributed by atoms with E-state index in [9.17, 15) is 4.21 Å². The third-order valence-corrected chi connectivity index (χ3v) is 6.96. The highest BCUT2D eigenvalue weighted by Crippen LogP contribution is 2.30. The van der Waals surface area contributed by atoms with E-state index in [0.717, 1.165) is 49.1 Å². The van der Waals surface area contributed by atoms with Crippen LogP contribution in [-0.2, 0) is 10.8 Å². The number of rotatable bonds is 7. The van der Waals surface area contributed by atoms with E-state index in [2.05, 4.69) is 20.5 Å². The fourth-order valence-corrected chi connectivity index (χ4v) is 4.11. The second-order valence-corrected chi connectivity index (χ2v) is 10.5.